The molecule has 0 aliphatic heterocycles. The fraction of sp³-hybridized carbons (Fsp3) is 0.286. The highest BCUT2D eigenvalue weighted by molar-refractivity contribution is 5.77. The van der Waals surface area contributed by atoms with Crippen LogP contribution in [0.15, 0.2) is 53.3 Å². The van der Waals surface area contributed by atoms with Crippen LogP contribution in [0.4, 0.5) is 4.39 Å². The van der Waals surface area contributed by atoms with E-state index >= 15 is 0 Å². The van der Waals surface area contributed by atoms with Gasteiger partial charge in [0.05, 0.1) is 17.6 Å². The van der Waals surface area contributed by atoms with Crippen molar-refractivity contribution in [1.29, 1.82) is 0 Å². The van der Waals surface area contributed by atoms with Crippen molar-refractivity contribution in [3.05, 3.63) is 76.0 Å². The van der Waals surface area contributed by atoms with Gasteiger partial charge < -0.3 is 9.88 Å². The maximum Gasteiger partial charge on any atom is 0.273 e. The average Bonchev–Trinajstić information content (AvgIpc) is 3.48. The van der Waals surface area contributed by atoms with Crippen LogP contribution in [0.5, 0.6) is 0 Å². The third-order valence-corrected chi connectivity index (χ3v) is 4.71. The second-order valence-electron chi connectivity index (χ2n) is 6.91. The highest BCUT2D eigenvalue weighted by Gasteiger charge is 2.23. The van der Waals surface area contributed by atoms with Crippen LogP contribution in [0.3, 0.4) is 0 Å². The Morgan fingerprint density at radius 1 is 1.15 bits per heavy atom. The van der Waals surface area contributed by atoms with E-state index in [9.17, 15) is 14.0 Å². The van der Waals surface area contributed by atoms with Gasteiger partial charge in [0.2, 0.25) is 5.91 Å². The number of aromatic nitrogens is 2. The number of rotatable bonds is 6. The van der Waals surface area contributed by atoms with E-state index in [0.29, 0.717) is 30.2 Å². The first-order valence-corrected chi connectivity index (χ1v) is 9.12. The highest BCUT2D eigenvalue weighted by Crippen LogP contribution is 2.19. The van der Waals surface area contributed by atoms with Crippen LogP contribution in [0, 0.1) is 5.82 Å². The number of amides is 1. The van der Waals surface area contributed by atoms with E-state index < -0.39 is 0 Å². The van der Waals surface area contributed by atoms with Crippen LogP contribution in [-0.2, 0) is 17.8 Å². The van der Waals surface area contributed by atoms with Crippen LogP contribution in [0.25, 0.3) is 11.0 Å². The van der Waals surface area contributed by atoms with Crippen LogP contribution < -0.4 is 10.9 Å². The minimum absolute atomic E-state index is 0.0445. The van der Waals surface area contributed by atoms with Gasteiger partial charge in [-0.2, -0.15) is 0 Å². The van der Waals surface area contributed by atoms with Gasteiger partial charge in [-0.3, -0.25) is 9.59 Å². The SMILES string of the molecule is O=C(CCc1nc2ccccc2n(Cc2ccc(F)cc2)c1=O)NC1CC1. The molecule has 1 fully saturated rings. The Hall–Kier alpha value is -3.02. The van der Waals surface area contributed by atoms with Crippen molar-refractivity contribution in [1.82, 2.24) is 14.9 Å². The number of carbonyl (C=O) groups excluding carboxylic acids is 1. The van der Waals surface area contributed by atoms with Gasteiger partial charge in [0, 0.05) is 18.9 Å². The predicted molar refractivity (Wildman–Crippen MR) is 101 cm³/mol. The van der Waals surface area contributed by atoms with Gasteiger partial charge in [-0.05, 0) is 42.7 Å². The van der Waals surface area contributed by atoms with Gasteiger partial charge in [-0.25, -0.2) is 9.37 Å². The summed E-state index contributed by atoms with van der Waals surface area (Å²) < 4.78 is 14.8. The monoisotopic (exact) mass is 365 g/mol. The molecule has 1 amide bonds. The molecule has 138 valence electrons. The molecule has 0 radical (unpaired) electrons. The lowest BCUT2D eigenvalue weighted by molar-refractivity contribution is -0.121. The number of benzene rings is 2. The Labute approximate surface area is 155 Å². The van der Waals surface area contributed by atoms with Crippen LogP contribution in [-0.4, -0.2) is 21.5 Å². The van der Waals surface area contributed by atoms with E-state index in [1.54, 1.807) is 16.7 Å². The quantitative estimate of drug-likeness (QED) is 0.731. The molecular weight excluding hydrogens is 345 g/mol. The molecule has 1 saturated carbocycles. The summed E-state index contributed by atoms with van der Waals surface area (Å²) >= 11 is 0. The normalized spacial score (nSPS) is 13.7. The molecule has 5 nitrogen and oxygen atoms in total. The molecular formula is C21H20FN3O2. The Kier molecular flexibility index (Phi) is 4.71. The van der Waals surface area contributed by atoms with E-state index in [-0.39, 0.29) is 23.7 Å². The van der Waals surface area contributed by atoms with E-state index in [0.717, 1.165) is 23.9 Å². The standard InChI is InChI=1S/C21H20FN3O2/c22-15-7-5-14(6-8-15)13-25-19-4-2-1-3-17(19)24-18(21(25)27)11-12-20(26)23-16-9-10-16/h1-8,16H,9-13H2,(H,23,26). The van der Waals surface area contributed by atoms with Gasteiger partial charge in [0.25, 0.3) is 5.56 Å². The first-order valence-electron chi connectivity index (χ1n) is 9.12. The van der Waals surface area contributed by atoms with Crippen LogP contribution >= 0.6 is 0 Å². The first kappa shape index (κ1) is 17.4. The van der Waals surface area contributed by atoms with Gasteiger partial charge in [0.1, 0.15) is 11.5 Å². The van der Waals surface area contributed by atoms with E-state index in [4.69, 9.17) is 0 Å². The molecule has 3 aromatic rings. The molecule has 27 heavy (non-hydrogen) atoms. The van der Waals surface area contributed by atoms with Crippen LogP contribution in [0.2, 0.25) is 0 Å². The summed E-state index contributed by atoms with van der Waals surface area (Å²) in [7, 11) is 0. The van der Waals surface area contributed by atoms with E-state index in [1.165, 1.54) is 12.1 Å². The van der Waals surface area contributed by atoms with Crippen molar-refractivity contribution in [2.45, 2.75) is 38.3 Å². The van der Waals surface area contributed by atoms with Crippen LogP contribution in [0.1, 0.15) is 30.5 Å². The molecule has 0 spiro atoms. The number of aryl methyl sites for hydroxylation is 1. The summed E-state index contributed by atoms with van der Waals surface area (Å²) in [6.07, 6.45) is 2.61. The second kappa shape index (κ2) is 7.31. The molecule has 0 unspecified atom stereocenters. The van der Waals surface area contributed by atoms with Gasteiger partial charge >= 0.3 is 0 Å². The highest BCUT2D eigenvalue weighted by atomic mass is 19.1. The van der Waals surface area contributed by atoms with Gasteiger partial charge in [-0.1, -0.05) is 24.3 Å². The zero-order valence-electron chi connectivity index (χ0n) is 14.8. The fourth-order valence-corrected chi connectivity index (χ4v) is 3.10. The molecule has 4 rings (SSSR count). The zero-order valence-corrected chi connectivity index (χ0v) is 14.8. The third kappa shape index (κ3) is 4.05. The number of hydrogen-bond donors (Lipinski definition) is 1. The number of halogens is 1. The lowest BCUT2D eigenvalue weighted by Crippen LogP contribution is -2.29. The summed E-state index contributed by atoms with van der Waals surface area (Å²) in [4.78, 5) is 29.4. The molecule has 1 aliphatic carbocycles. The topological polar surface area (TPSA) is 64.0 Å². The number of para-hydroxylation sites is 2. The van der Waals surface area contributed by atoms with Crippen molar-refractivity contribution in [3.63, 3.8) is 0 Å². The maximum absolute atomic E-state index is 13.2. The smallest absolute Gasteiger partial charge is 0.273 e. The van der Waals surface area contributed by atoms with Crippen molar-refractivity contribution in [3.8, 4) is 0 Å². The molecule has 0 bridgehead atoms. The number of fused-ring (bicyclic) bond motifs is 1. The molecule has 1 aromatic heterocycles. The first-order chi connectivity index (χ1) is 13.1. The molecule has 1 heterocycles. The molecule has 6 heteroatoms. The number of nitrogens with zero attached hydrogens (tertiary/aromatic N) is 2. The predicted octanol–water partition coefficient (Wildman–Crippen LogP) is 2.80. The lowest BCUT2D eigenvalue weighted by atomic mass is 10.1. The summed E-state index contributed by atoms with van der Waals surface area (Å²) in [5.41, 5.74) is 2.42. The molecule has 1 aliphatic rings. The van der Waals surface area contributed by atoms with Crippen molar-refractivity contribution < 1.29 is 9.18 Å². The largest absolute Gasteiger partial charge is 0.353 e. The Morgan fingerprint density at radius 2 is 1.89 bits per heavy atom. The van der Waals surface area contributed by atoms with E-state index in [1.807, 2.05) is 24.3 Å². The van der Waals surface area contributed by atoms with Crippen molar-refractivity contribution >= 4 is 16.9 Å². The number of carbonyl (C=O) groups is 1. The Bertz CT molecular complexity index is 1040. The lowest BCUT2D eigenvalue weighted by Gasteiger charge is -2.12. The van der Waals surface area contributed by atoms with Gasteiger partial charge in [0.15, 0.2) is 0 Å². The number of nitrogens with one attached hydrogen (secondary N) is 1. The summed E-state index contributed by atoms with van der Waals surface area (Å²) in [5.74, 6) is -0.356. The minimum atomic E-state index is -0.312. The number of hydrogen-bond acceptors (Lipinski definition) is 3. The zero-order chi connectivity index (χ0) is 18.8. The molecule has 0 saturated heterocycles. The minimum Gasteiger partial charge on any atom is -0.353 e. The maximum atomic E-state index is 13.2. The molecule has 0 atom stereocenters. The Balaban J connectivity index is 1.65. The van der Waals surface area contributed by atoms with Gasteiger partial charge in [-0.15, -0.1) is 0 Å². The second-order valence-corrected chi connectivity index (χ2v) is 6.91. The van der Waals surface area contributed by atoms with Crippen molar-refractivity contribution in [2.24, 2.45) is 0 Å². The summed E-state index contributed by atoms with van der Waals surface area (Å²) in [5, 5.41) is 2.93. The van der Waals surface area contributed by atoms with E-state index in [2.05, 4.69) is 10.3 Å². The molecule has 2 aromatic carbocycles. The summed E-state index contributed by atoms with van der Waals surface area (Å²) in [6.45, 7) is 0.323. The average molecular weight is 365 g/mol. The molecule has 1 N–H and O–H groups in total. The van der Waals surface area contributed by atoms with Crippen molar-refractivity contribution in [2.75, 3.05) is 0 Å². The third-order valence-electron chi connectivity index (χ3n) is 4.71. The Morgan fingerprint density at radius 3 is 2.63 bits per heavy atom. The fourth-order valence-electron chi connectivity index (χ4n) is 3.10. The summed E-state index contributed by atoms with van der Waals surface area (Å²) in [6, 6.07) is 13.8.